The first kappa shape index (κ1) is 11.7. The second-order valence-corrected chi connectivity index (χ2v) is 6.01. The molecule has 2 bridgehead atoms. The van der Waals surface area contributed by atoms with Gasteiger partial charge in [-0.1, -0.05) is 0 Å². The summed E-state index contributed by atoms with van der Waals surface area (Å²) in [6.45, 7) is 7.30. The highest BCUT2D eigenvalue weighted by atomic mass is 16.6. The second kappa shape index (κ2) is 3.91. The summed E-state index contributed by atoms with van der Waals surface area (Å²) in [5, 5.41) is 0. The van der Waals surface area contributed by atoms with Crippen molar-refractivity contribution in [1.82, 2.24) is 4.90 Å². The van der Waals surface area contributed by atoms with E-state index in [0.717, 1.165) is 25.9 Å². The van der Waals surface area contributed by atoms with E-state index >= 15 is 0 Å². The molecule has 0 spiro atoms. The highest BCUT2D eigenvalue weighted by Gasteiger charge is 2.46. The number of hydrogen-bond donors (Lipinski definition) is 1. The molecule has 0 radical (unpaired) electrons. The Morgan fingerprint density at radius 1 is 1.44 bits per heavy atom. The molecule has 1 aliphatic carbocycles. The number of piperidine rings is 1. The summed E-state index contributed by atoms with van der Waals surface area (Å²) in [6, 6.07) is 0.369. The molecule has 1 saturated carbocycles. The van der Waals surface area contributed by atoms with Crippen LogP contribution < -0.4 is 5.73 Å². The molecule has 0 aromatic heterocycles. The standard InChI is InChI=1S/C12H22N2O2/c1-12(2,3)16-11(15)14-7-9-5-10(14)4-8(9)6-13/h8-10H,4-7,13H2,1-3H3. The van der Waals surface area contributed by atoms with Crippen LogP contribution in [0.5, 0.6) is 0 Å². The average molecular weight is 226 g/mol. The molecule has 4 heteroatoms. The molecule has 0 aromatic rings. The first-order valence-corrected chi connectivity index (χ1v) is 6.10. The van der Waals surface area contributed by atoms with Crippen molar-refractivity contribution in [2.24, 2.45) is 17.6 Å². The fourth-order valence-electron chi connectivity index (χ4n) is 2.89. The fourth-order valence-corrected chi connectivity index (χ4v) is 2.89. The number of likely N-dealkylation sites (tertiary alicyclic amines) is 1. The molecule has 2 fully saturated rings. The average Bonchev–Trinajstić information content (AvgIpc) is 2.72. The van der Waals surface area contributed by atoms with Gasteiger partial charge in [0.05, 0.1) is 0 Å². The molecule has 92 valence electrons. The van der Waals surface area contributed by atoms with Crippen LogP contribution in [0.15, 0.2) is 0 Å². The maximum absolute atomic E-state index is 11.9. The maximum Gasteiger partial charge on any atom is 0.410 e. The van der Waals surface area contributed by atoms with Crippen molar-refractivity contribution < 1.29 is 9.53 Å². The zero-order valence-electron chi connectivity index (χ0n) is 10.4. The number of nitrogens with two attached hydrogens (primary N) is 1. The van der Waals surface area contributed by atoms with E-state index in [-0.39, 0.29) is 6.09 Å². The van der Waals surface area contributed by atoms with Gasteiger partial charge >= 0.3 is 6.09 Å². The Morgan fingerprint density at radius 2 is 2.12 bits per heavy atom. The van der Waals surface area contributed by atoms with E-state index in [0.29, 0.717) is 17.9 Å². The molecule has 3 unspecified atom stereocenters. The van der Waals surface area contributed by atoms with Crippen molar-refractivity contribution in [2.45, 2.75) is 45.3 Å². The van der Waals surface area contributed by atoms with Gasteiger partial charge in [0.25, 0.3) is 0 Å². The molecular formula is C12H22N2O2. The van der Waals surface area contributed by atoms with E-state index in [9.17, 15) is 4.79 Å². The summed E-state index contributed by atoms with van der Waals surface area (Å²) in [4.78, 5) is 13.8. The van der Waals surface area contributed by atoms with Crippen LogP contribution in [0.2, 0.25) is 0 Å². The van der Waals surface area contributed by atoms with Gasteiger partial charge in [0.2, 0.25) is 0 Å². The van der Waals surface area contributed by atoms with Crippen molar-refractivity contribution in [3.8, 4) is 0 Å². The normalized spacial score (nSPS) is 33.2. The molecule has 1 heterocycles. The monoisotopic (exact) mass is 226 g/mol. The predicted molar refractivity (Wildman–Crippen MR) is 62.0 cm³/mol. The van der Waals surface area contributed by atoms with E-state index in [1.165, 1.54) is 0 Å². The van der Waals surface area contributed by atoms with Crippen LogP contribution in [0.3, 0.4) is 0 Å². The van der Waals surface area contributed by atoms with Crippen LogP contribution >= 0.6 is 0 Å². The number of carbonyl (C=O) groups excluding carboxylic acids is 1. The Kier molecular flexibility index (Phi) is 2.86. The largest absolute Gasteiger partial charge is 0.444 e. The first-order chi connectivity index (χ1) is 7.40. The lowest BCUT2D eigenvalue weighted by molar-refractivity contribution is 0.0164. The predicted octanol–water partition coefficient (Wildman–Crippen LogP) is 1.59. The molecule has 16 heavy (non-hydrogen) atoms. The topological polar surface area (TPSA) is 55.6 Å². The summed E-state index contributed by atoms with van der Waals surface area (Å²) in [5.41, 5.74) is 5.31. The minimum Gasteiger partial charge on any atom is -0.444 e. The Hall–Kier alpha value is -0.770. The Morgan fingerprint density at radius 3 is 2.56 bits per heavy atom. The Balaban J connectivity index is 1.93. The van der Waals surface area contributed by atoms with Crippen LogP contribution in [0.1, 0.15) is 33.6 Å². The summed E-state index contributed by atoms with van der Waals surface area (Å²) >= 11 is 0. The van der Waals surface area contributed by atoms with Crippen LogP contribution in [-0.2, 0) is 4.74 Å². The van der Waals surface area contributed by atoms with E-state index in [2.05, 4.69) is 0 Å². The third-order valence-electron chi connectivity index (χ3n) is 3.62. The summed E-state index contributed by atoms with van der Waals surface area (Å²) in [5.74, 6) is 1.21. The Labute approximate surface area is 97.1 Å². The lowest BCUT2D eigenvalue weighted by Gasteiger charge is -2.32. The second-order valence-electron chi connectivity index (χ2n) is 6.01. The molecule has 2 N–H and O–H groups in total. The lowest BCUT2D eigenvalue weighted by atomic mass is 9.95. The number of amides is 1. The van der Waals surface area contributed by atoms with Crippen LogP contribution in [0.25, 0.3) is 0 Å². The van der Waals surface area contributed by atoms with Crippen molar-refractivity contribution in [3.05, 3.63) is 0 Å². The molecule has 2 aliphatic rings. The zero-order chi connectivity index (χ0) is 11.9. The highest BCUT2D eigenvalue weighted by molar-refractivity contribution is 5.69. The Bertz CT molecular complexity index is 285. The molecule has 4 nitrogen and oxygen atoms in total. The summed E-state index contributed by atoms with van der Waals surface area (Å²) < 4.78 is 5.40. The molecule has 1 aliphatic heterocycles. The molecule has 3 atom stereocenters. The number of hydrogen-bond acceptors (Lipinski definition) is 3. The van der Waals surface area contributed by atoms with Crippen molar-refractivity contribution in [2.75, 3.05) is 13.1 Å². The van der Waals surface area contributed by atoms with Gasteiger partial charge in [-0.3, -0.25) is 0 Å². The molecule has 1 amide bonds. The lowest BCUT2D eigenvalue weighted by Crippen LogP contribution is -2.44. The van der Waals surface area contributed by atoms with E-state index < -0.39 is 5.60 Å². The summed E-state index contributed by atoms with van der Waals surface area (Å²) in [7, 11) is 0. The quantitative estimate of drug-likeness (QED) is 0.738. The highest BCUT2D eigenvalue weighted by Crippen LogP contribution is 2.41. The van der Waals surface area contributed by atoms with Gasteiger partial charge in [0.15, 0.2) is 0 Å². The van der Waals surface area contributed by atoms with E-state index in [1.807, 2.05) is 25.7 Å². The van der Waals surface area contributed by atoms with Crippen LogP contribution in [0, 0.1) is 11.8 Å². The van der Waals surface area contributed by atoms with E-state index in [4.69, 9.17) is 10.5 Å². The maximum atomic E-state index is 11.9. The molecule has 0 aromatic carbocycles. The number of ether oxygens (including phenoxy) is 1. The van der Waals surface area contributed by atoms with Crippen molar-refractivity contribution in [1.29, 1.82) is 0 Å². The zero-order valence-corrected chi connectivity index (χ0v) is 10.4. The number of fused-ring (bicyclic) bond motifs is 2. The summed E-state index contributed by atoms with van der Waals surface area (Å²) in [6.07, 6.45) is 2.01. The number of carbonyl (C=O) groups is 1. The van der Waals surface area contributed by atoms with Gasteiger partial charge < -0.3 is 15.4 Å². The van der Waals surface area contributed by atoms with Gasteiger partial charge in [-0.05, 0) is 52.0 Å². The van der Waals surface area contributed by atoms with Gasteiger partial charge in [-0.15, -0.1) is 0 Å². The van der Waals surface area contributed by atoms with E-state index in [1.54, 1.807) is 0 Å². The van der Waals surface area contributed by atoms with Crippen LogP contribution in [0.4, 0.5) is 4.79 Å². The molecule has 1 saturated heterocycles. The minimum absolute atomic E-state index is 0.157. The van der Waals surface area contributed by atoms with Crippen LogP contribution in [-0.4, -0.2) is 35.7 Å². The third-order valence-corrected chi connectivity index (χ3v) is 3.62. The first-order valence-electron chi connectivity index (χ1n) is 6.10. The van der Waals surface area contributed by atoms with Gasteiger partial charge in [-0.2, -0.15) is 0 Å². The smallest absolute Gasteiger partial charge is 0.410 e. The molecular weight excluding hydrogens is 204 g/mol. The van der Waals surface area contributed by atoms with Gasteiger partial charge in [-0.25, -0.2) is 4.79 Å². The van der Waals surface area contributed by atoms with Gasteiger partial charge in [0, 0.05) is 12.6 Å². The SMILES string of the molecule is CC(C)(C)OC(=O)N1CC2CC1CC2CN. The van der Waals surface area contributed by atoms with Crippen molar-refractivity contribution in [3.63, 3.8) is 0 Å². The third kappa shape index (κ3) is 2.17. The number of rotatable bonds is 1. The van der Waals surface area contributed by atoms with Crippen molar-refractivity contribution >= 4 is 6.09 Å². The fraction of sp³-hybridized carbons (Fsp3) is 0.917. The molecule has 2 rings (SSSR count). The number of nitrogens with zero attached hydrogens (tertiary/aromatic N) is 1. The van der Waals surface area contributed by atoms with Gasteiger partial charge in [0.1, 0.15) is 5.60 Å². The minimum atomic E-state index is -0.397.